The van der Waals surface area contributed by atoms with Gasteiger partial charge in [0.25, 0.3) is 0 Å². The molecule has 0 radical (unpaired) electrons. The van der Waals surface area contributed by atoms with Gasteiger partial charge in [-0.2, -0.15) is 26.3 Å². The van der Waals surface area contributed by atoms with Crippen LogP contribution in [-0.2, 0) is 32.0 Å². The molecule has 13 heteroatoms. The van der Waals surface area contributed by atoms with E-state index in [2.05, 4.69) is 0 Å². The Morgan fingerprint density at radius 2 is 1.44 bits per heavy atom. The average Bonchev–Trinajstić information content (AvgIpc) is 2.78. The van der Waals surface area contributed by atoms with Crippen LogP contribution in [0.4, 0.5) is 26.3 Å². The minimum absolute atomic E-state index is 0.0424. The summed E-state index contributed by atoms with van der Waals surface area (Å²) in [4.78, 5) is 11.6. The molecule has 0 N–H and O–H groups in total. The van der Waals surface area contributed by atoms with Crippen molar-refractivity contribution in [3.8, 4) is 0 Å². The van der Waals surface area contributed by atoms with Crippen molar-refractivity contribution in [1.82, 2.24) is 0 Å². The molecule has 1 aliphatic carbocycles. The van der Waals surface area contributed by atoms with Gasteiger partial charge in [-0.25, -0.2) is 16.8 Å². The van der Waals surface area contributed by atoms with Crippen LogP contribution in [0.2, 0.25) is 0 Å². The third-order valence-electron chi connectivity index (χ3n) is 7.41. The number of benzene rings is 2. The number of alkyl halides is 6. The van der Waals surface area contributed by atoms with Crippen molar-refractivity contribution in [2.75, 3.05) is 6.26 Å². The summed E-state index contributed by atoms with van der Waals surface area (Å²) in [5.74, 6) is -0.905. The van der Waals surface area contributed by atoms with Gasteiger partial charge in [0.15, 0.2) is 25.5 Å². The molecule has 0 saturated heterocycles. The van der Waals surface area contributed by atoms with Crippen LogP contribution in [0, 0.1) is 11.8 Å². The van der Waals surface area contributed by atoms with Crippen molar-refractivity contribution in [3.05, 3.63) is 59.2 Å². The SMILES string of the molecule is CC(C)(C1CC(CCCC(=O)c2ccc(C(F)(F)F)cc2S(C)(=O)=O)C1)S(=O)(=O)c1cccc(C(F)(F)F)c1. The fourth-order valence-electron chi connectivity index (χ4n) is 4.82. The van der Waals surface area contributed by atoms with E-state index in [9.17, 15) is 48.0 Å². The summed E-state index contributed by atoms with van der Waals surface area (Å²) in [6.07, 6.45) is -7.11. The first kappa shape index (κ1) is 31.1. The first-order valence-electron chi connectivity index (χ1n) is 12.0. The van der Waals surface area contributed by atoms with E-state index >= 15 is 0 Å². The number of sulfone groups is 2. The smallest absolute Gasteiger partial charge is 0.294 e. The van der Waals surface area contributed by atoms with Crippen molar-refractivity contribution in [1.29, 1.82) is 0 Å². The van der Waals surface area contributed by atoms with Crippen LogP contribution < -0.4 is 0 Å². The lowest BCUT2D eigenvalue weighted by Crippen LogP contribution is -2.46. The van der Waals surface area contributed by atoms with E-state index < -0.39 is 63.5 Å². The molecule has 0 spiro atoms. The normalized spacial score (nSPS) is 19.0. The molecule has 0 atom stereocenters. The molecule has 0 unspecified atom stereocenters. The van der Waals surface area contributed by atoms with Gasteiger partial charge in [-0.15, -0.1) is 0 Å². The van der Waals surface area contributed by atoms with Gasteiger partial charge in [-0.1, -0.05) is 6.07 Å². The van der Waals surface area contributed by atoms with Gasteiger partial charge in [-0.05, 0) is 87.8 Å². The number of rotatable bonds is 9. The van der Waals surface area contributed by atoms with Crippen LogP contribution in [-0.4, -0.2) is 33.6 Å². The number of carbonyl (C=O) groups excluding carboxylic acids is 1. The van der Waals surface area contributed by atoms with E-state index in [-0.39, 0.29) is 23.8 Å². The van der Waals surface area contributed by atoms with E-state index in [1.807, 2.05) is 0 Å². The van der Waals surface area contributed by atoms with Crippen LogP contribution in [0.3, 0.4) is 0 Å². The number of halogens is 6. The van der Waals surface area contributed by atoms with Crippen molar-refractivity contribution in [2.45, 2.75) is 72.8 Å². The minimum atomic E-state index is -4.77. The Morgan fingerprint density at radius 3 is 1.97 bits per heavy atom. The van der Waals surface area contributed by atoms with Crippen LogP contribution in [0.25, 0.3) is 0 Å². The molecule has 1 aliphatic rings. The Hall–Kier alpha value is -2.41. The molecule has 216 valence electrons. The second-order valence-corrected chi connectivity index (χ2v) is 15.0. The summed E-state index contributed by atoms with van der Waals surface area (Å²) in [5, 5.41) is 0. The highest BCUT2D eigenvalue weighted by Crippen LogP contribution is 2.48. The number of hydrogen-bond donors (Lipinski definition) is 0. The van der Waals surface area contributed by atoms with E-state index in [0.29, 0.717) is 43.9 Å². The van der Waals surface area contributed by atoms with Gasteiger partial charge in [-0.3, -0.25) is 4.79 Å². The standard InChI is InChI=1S/C26H28F6O5S2/c1-24(2,39(36,37)20-8-5-7-17(14-20)25(27,28)29)19-12-16(13-19)6-4-9-22(33)21-11-10-18(26(30,31)32)15-23(21)38(3,34)35/h5,7-8,10-11,14-16,19H,4,6,9,12-13H2,1-3H3. The molecule has 2 aromatic carbocycles. The molecular formula is C26H28F6O5S2. The Kier molecular flexibility index (Phi) is 8.40. The molecule has 3 rings (SSSR count). The maximum absolute atomic E-state index is 13.2. The molecule has 0 amide bonds. The van der Waals surface area contributed by atoms with Gasteiger partial charge >= 0.3 is 12.4 Å². The Bertz CT molecular complexity index is 1450. The monoisotopic (exact) mass is 598 g/mol. The lowest BCUT2D eigenvalue weighted by molar-refractivity contribution is -0.138. The Morgan fingerprint density at radius 1 is 0.872 bits per heavy atom. The van der Waals surface area contributed by atoms with Crippen molar-refractivity contribution in [3.63, 3.8) is 0 Å². The molecule has 1 saturated carbocycles. The number of carbonyl (C=O) groups is 1. The molecule has 2 aromatic rings. The van der Waals surface area contributed by atoms with E-state index in [0.717, 1.165) is 30.5 Å². The Balaban J connectivity index is 1.62. The second-order valence-electron chi connectivity index (χ2n) is 10.5. The van der Waals surface area contributed by atoms with Gasteiger partial charge in [0.05, 0.1) is 25.7 Å². The first-order chi connectivity index (χ1) is 17.7. The molecule has 0 aliphatic heterocycles. The topological polar surface area (TPSA) is 85.3 Å². The maximum atomic E-state index is 13.2. The van der Waals surface area contributed by atoms with Crippen molar-refractivity contribution in [2.24, 2.45) is 11.8 Å². The van der Waals surface area contributed by atoms with Crippen LogP contribution in [0.5, 0.6) is 0 Å². The highest BCUT2D eigenvalue weighted by Gasteiger charge is 2.48. The van der Waals surface area contributed by atoms with Crippen LogP contribution in [0.1, 0.15) is 67.4 Å². The molecule has 39 heavy (non-hydrogen) atoms. The number of ketones is 1. The summed E-state index contributed by atoms with van der Waals surface area (Å²) in [7, 11) is -8.21. The largest absolute Gasteiger partial charge is 0.416 e. The third-order valence-corrected chi connectivity index (χ3v) is 11.1. The van der Waals surface area contributed by atoms with E-state index in [1.165, 1.54) is 13.8 Å². The molecule has 5 nitrogen and oxygen atoms in total. The van der Waals surface area contributed by atoms with Crippen LogP contribution in [0.15, 0.2) is 52.3 Å². The third kappa shape index (κ3) is 6.67. The fourth-order valence-corrected chi connectivity index (χ4v) is 7.52. The molecule has 0 heterocycles. The number of Topliss-reactive ketones (excluding diaryl/α,β-unsaturated/α-hetero) is 1. The van der Waals surface area contributed by atoms with E-state index in [4.69, 9.17) is 0 Å². The summed E-state index contributed by atoms with van der Waals surface area (Å²) >= 11 is 0. The molecule has 0 aromatic heterocycles. The molecular weight excluding hydrogens is 570 g/mol. The zero-order chi connectivity index (χ0) is 29.6. The highest BCUT2D eigenvalue weighted by molar-refractivity contribution is 7.92. The molecule has 0 bridgehead atoms. The second kappa shape index (κ2) is 10.5. The van der Waals surface area contributed by atoms with Gasteiger partial charge in [0.2, 0.25) is 0 Å². The lowest BCUT2D eigenvalue weighted by Gasteiger charge is -2.45. The number of hydrogen-bond acceptors (Lipinski definition) is 5. The fraction of sp³-hybridized carbons (Fsp3) is 0.500. The average molecular weight is 599 g/mol. The van der Waals surface area contributed by atoms with Gasteiger partial charge in [0.1, 0.15) is 0 Å². The lowest BCUT2D eigenvalue weighted by atomic mass is 9.67. The van der Waals surface area contributed by atoms with Gasteiger partial charge < -0.3 is 0 Å². The van der Waals surface area contributed by atoms with E-state index in [1.54, 1.807) is 0 Å². The zero-order valence-corrected chi connectivity index (χ0v) is 23.0. The minimum Gasteiger partial charge on any atom is -0.294 e. The quantitative estimate of drug-likeness (QED) is 0.235. The predicted octanol–water partition coefficient (Wildman–Crippen LogP) is 6.76. The predicted molar refractivity (Wildman–Crippen MR) is 132 cm³/mol. The summed E-state index contributed by atoms with van der Waals surface area (Å²) in [5.41, 5.74) is -2.55. The molecule has 1 fully saturated rings. The summed E-state index contributed by atoms with van der Waals surface area (Å²) < 4.78 is 127. The zero-order valence-electron chi connectivity index (χ0n) is 21.4. The maximum Gasteiger partial charge on any atom is 0.416 e. The Labute approximate surface area is 223 Å². The van der Waals surface area contributed by atoms with Gasteiger partial charge in [0, 0.05) is 18.2 Å². The van der Waals surface area contributed by atoms with Crippen molar-refractivity contribution >= 4 is 25.5 Å². The summed E-state index contributed by atoms with van der Waals surface area (Å²) in [6, 6.07) is 5.60. The summed E-state index contributed by atoms with van der Waals surface area (Å²) in [6.45, 7) is 2.95. The first-order valence-corrected chi connectivity index (χ1v) is 15.4. The van der Waals surface area contributed by atoms with Crippen molar-refractivity contribution < 1.29 is 48.0 Å². The highest BCUT2D eigenvalue weighted by atomic mass is 32.2. The van der Waals surface area contributed by atoms with Crippen LogP contribution >= 0.6 is 0 Å².